The first-order valence-corrected chi connectivity index (χ1v) is 8.15. The van der Waals surface area contributed by atoms with Gasteiger partial charge in [0, 0.05) is 6.42 Å². The van der Waals surface area contributed by atoms with Gasteiger partial charge in [-0.25, -0.2) is 4.79 Å². The van der Waals surface area contributed by atoms with Crippen LogP contribution in [0.3, 0.4) is 0 Å². The molecule has 0 saturated carbocycles. The van der Waals surface area contributed by atoms with Crippen LogP contribution in [0.2, 0.25) is 0 Å². The van der Waals surface area contributed by atoms with Gasteiger partial charge in [-0.3, -0.25) is 0 Å². The van der Waals surface area contributed by atoms with E-state index in [0.717, 1.165) is 12.8 Å². The maximum absolute atomic E-state index is 10.6. The monoisotopic (exact) mass is 280 g/mol. The molecule has 4 heteroatoms. The molecule has 0 aliphatic carbocycles. The fourth-order valence-electron chi connectivity index (χ4n) is 2.33. The summed E-state index contributed by atoms with van der Waals surface area (Å²) in [5.41, 5.74) is 0. The molecule has 3 nitrogen and oxygen atoms in total. The van der Waals surface area contributed by atoms with Crippen LogP contribution in [0.1, 0.15) is 96.8 Å². The van der Waals surface area contributed by atoms with Gasteiger partial charge in [-0.2, -0.15) is 5.26 Å². The molecule has 0 radical (unpaired) electrons. The Morgan fingerprint density at radius 3 is 1.45 bits per heavy atom. The molecule has 0 aromatic heterocycles. The molecule has 0 bridgehead atoms. The van der Waals surface area contributed by atoms with Gasteiger partial charge in [0.25, 0.3) is 0 Å². The summed E-state index contributed by atoms with van der Waals surface area (Å²) in [5, 5.41) is 8.08. The number of hydrogen-bond acceptors (Lipinski definition) is 3. The number of carbonyl (C=O) groups excluding carboxylic acids is 1. The van der Waals surface area contributed by atoms with Gasteiger partial charge in [0.2, 0.25) is 0 Å². The molecule has 0 spiro atoms. The van der Waals surface area contributed by atoms with Crippen LogP contribution in [0, 0.1) is 0 Å². The van der Waals surface area contributed by atoms with Gasteiger partial charge in [0.05, 0.1) is 0 Å². The van der Waals surface area contributed by atoms with Gasteiger partial charge < -0.3 is 4.89 Å². The van der Waals surface area contributed by atoms with Crippen LogP contribution in [0.15, 0.2) is 0 Å². The molecule has 0 fully saturated rings. The van der Waals surface area contributed by atoms with Crippen LogP contribution >= 0.6 is 0 Å². The van der Waals surface area contributed by atoms with E-state index in [-0.39, 0.29) is 18.9 Å². The molecule has 0 amide bonds. The second kappa shape index (κ2) is 19.0. The van der Waals surface area contributed by atoms with Crippen molar-refractivity contribution in [1.29, 1.82) is 0 Å². The first-order valence-electron chi connectivity index (χ1n) is 8.15. The van der Waals surface area contributed by atoms with Crippen molar-refractivity contribution in [2.45, 2.75) is 96.8 Å². The fraction of sp³-hybridized carbons (Fsp3) is 0.938. The molecular weight excluding hydrogens is 247 g/mol. The van der Waals surface area contributed by atoms with Crippen LogP contribution in [0.4, 0.5) is 0 Å². The van der Waals surface area contributed by atoms with Crippen molar-refractivity contribution in [1.82, 2.24) is 0 Å². The quantitative estimate of drug-likeness (QED) is 0.214. The molecule has 0 aromatic carbocycles. The van der Waals surface area contributed by atoms with Crippen LogP contribution < -0.4 is 0 Å². The number of unbranched alkanes of at least 4 members (excludes halogenated alkanes) is 12. The Labute approximate surface area is 137 Å². The van der Waals surface area contributed by atoms with Gasteiger partial charge in [-0.05, 0) is 6.42 Å². The third-order valence-corrected chi connectivity index (χ3v) is 3.59. The number of rotatable bonds is 14. The van der Waals surface area contributed by atoms with Gasteiger partial charge in [-0.1, -0.05) is 84.0 Å². The Balaban J connectivity index is 0. The summed E-state index contributed by atoms with van der Waals surface area (Å²) < 4.78 is 0. The average Bonchev–Trinajstić information content (AvgIpc) is 2.43. The molecule has 0 saturated heterocycles. The van der Waals surface area contributed by atoms with Crippen molar-refractivity contribution in [3.05, 3.63) is 0 Å². The minimum absolute atomic E-state index is 0. The molecule has 0 heterocycles. The first-order chi connectivity index (χ1) is 9.31. The van der Waals surface area contributed by atoms with E-state index in [9.17, 15) is 4.79 Å². The summed E-state index contributed by atoms with van der Waals surface area (Å²) in [5.74, 6) is -0.511. The summed E-state index contributed by atoms with van der Waals surface area (Å²) >= 11 is 0. The molecular formula is C16H33LiO3. The summed E-state index contributed by atoms with van der Waals surface area (Å²) in [6.07, 6.45) is 17.1. The van der Waals surface area contributed by atoms with E-state index in [1.807, 2.05) is 0 Å². The van der Waals surface area contributed by atoms with Crippen molar-refractivity contribution in [2.24, 2.45) is 0 Å². The number of hydrogen-bond donors (Lipinski definition) is 1. The Hall–Kier alpha value is 0.0274. The molecule has 116 valence electrons. The summed E-state index contributed by atoms with van der Waals surface area (Å²) in [6.45, 7) is 2.26. The molecule has 0 rings (SSSR count). The average molecular weight is 280 g/mol. The topological polar surface area (TPSA) is 46.5 Å². The summed E-state index contributed by atoms with van der Waals surface area (Å²) in [7, 11) is 0. The summed E-state index contributed by atoms with van der Waals surface area (Å²) in [6, 6.07) is 0. The second-order valence-corrected chi connectivity index (χ2v) is 5.46. The van der Waals surface area contributed by atoms with E-state index in [2.05, 4.69) is 11.8 Å². The zero-order valence-electron chi connectivity index (χ0n) is 12.7. The molecule has 0 unspecified atom stereocenters. The molecule has 0 aromatic rings. The Kier molecular flexibility index (Phi) is 21.2. The Bertz CT molecular complexity index is 198. The van der Waals surface area contributed by atoms with E-state index < -0.39 is 5.97 Å². The van der Waals surface area contributed by atoms with Crippen LogP contribution in [0.25, 0.3) is 0 Å². The van der Waals surface area contributed by atoms with E-state index in [0.29, 0.717) is 6.42 Å². The normalized spacial score (nSPS) is 10.1. The van der Waals surface area contributed by atoms with Crippen molar-refractivity contribution in [3.63, 3.8) is 0 Å². The predicted octanol–water partition coefficient (Wildman–Crippen LogP) is 4.84. The first kappa shape index (κ1) is 22.3. The Morgan fingerprint density at radius 2 is 1.10 bits per heavy atom. The van der Waals surface area contributed by atoms with Gasteiger partial charge in [0.15, 0.2) is 0 Å². The SMILES string of the molecule is CCCCCCCCCCCCCCCC(=O)OO.[LiH]. The zero-order valence-corrected chi connectivity index (χ0v) is 12.7. The van der Waals surface area contributed by atoms with E-state index in [1.165, 1.54) is 70.6 Å². The third-order valence-electron chi connectivity index (χ3n) is 3.59. The standard InChI is InChI=1S/C16H32O3.Li.H/c1-2-3-4-5-6-7-8-9-10-11-12-13-14-15-16(17)19-18;;/h18H,2-15H2,1H3;;. The van der Waals surface area contributed by atoms with Crippen molar-refractivity contribution in [2.75, 3.05) is 0 Å². The van der Waals surface area contributed by atoms with Crippen molar-refractivity contribution >= 4 is 24.8 Å². The van der Waals surface area contributed by atoms with Gasteiger partial charge >= 0.3 is 24.8 Å². The van der Waals surface area contributed by atoms with Crippen molar-refractivity contribution in [3.8, 4) is 0 Å². The zero-order chi connectivity index (χ0) is 14.2. The molecule has 20 heavy (non-hydrogen) atoms. The van der Waals surface area contributed by atoms with E-state index in [1.54, 1.807) is 0 Å². The maximum atomic E-state index is 10.6. The van der Waals surface area contributed by atoms with Crippen LogP contribution in [-0.4, -0.2) is 30.1 Å². The fourth-order valence-corrected chi connectivity index (χ4v) is 2.33. The minimum atomic E-state index is -0.511. The van der Waals surface area contributed by atoms with Crippen LogP contribution in [0.5, 0.6) is 0 Å². The second-order valence-electron chi connectivity index (χ2n) is 5.46. The predicted molar refractivity (Wildman–Crippen MR) is 86.2 cm³/mol. The van der Waals surface area contributed by atoms with Gasteiger partial charge in [0.1, 0.15) is 0 Å². The van der Waals surface area contributed by atoms with Gasteiger partial charge in [-0.15, -0.1) is 0 Å². The van der Waals surface area contributed by atoms with Crippen LogP contribution in [-0.2, 0) is 9.68 Å². The van der Waals surface area contributed by atoms with Crippen molar-refractivity contribution < 1.29 is 14.9 Å². The molecule has 0 atom stereocenters. The molecule has 0 aliphatic heterocycles. The third kappa shape index (κ3) is 18.0. The Morgan fingerprint density at radius 1 is 0.750 bits per heavy atom. The number of carbonyl (C=O) groups is 1. The molecule has 0 aliphatic rings. The van der Waals surface area contributed by atoms with E-state index in [4.69, 9.17) is 5.26 Å². The molecule has 1 N–H and O–H groups in total. The summed E-state index contributed by atoms with van der Waals surface area (Å²) in [4.78, 5) is 14.3. The van der Waals surface area contributed by atoms with E-state index >= 15 is 0 Å².